The summed E-state index contributed by atoms with van der Waals surface area (Å²) in [5, 5.41) is 2.70. The lowest BCUT2D eigenvalue weighted by atomic mass is 9.75. The smallest absolute Gasteiger partial charge is 0.0784 e. The summed E-state index contributed by atoms with van der Waals surface area (Å²) in [5.74, 6) is 0. The molecule has 3 aromatic carbocycles. The van der Waals surface area contributed by atoms with E-state index in [9.17, 15) is 0 Å². The van der Waals surface area contributed by atoms with Crippen LogP contribution in [0.5, 0.6) is 0 Å². The molecular weight excluding hydrogens is 477 g/mol. The Bertz CT molecular complexity index is 1310. The molecule has 0 saturated heterocycles. The van der Waals surface area contributed by atoms with Crippen LogP contribution in [0.2, 0.25) is 0 Å². The highest BCUT2D eigenvalue weighted by Gasteiger charge is 2.29. The molecule has 0 aliphatic carbocycles. The lowest BCUT2D eigenvalue weighted by Gasteiger charge is -2.32. The van der Waals surface area contributed by atoms with Gasteiger partial charge in [0.1, 0.15) is 0 Å². The van der Waals surface area contributed by atoms with Gasteiger partial charge in [-0.3, -0.25) is 0 Å². The summed E-state index contributed by atoms with van der Waals surface area (Å²) >= 11 is 0. The average Bonchev–Trinajstić information content (AvgIpc) is 2.76. The summed E-state index contributed by atoms with van der Waals surface area (Å²) in [4.78, 5) is 5.38. The molecule has 0 atom stereocenters. The van der Waals surface area contributed by atoms with Crippen LogP contribution in [0.3, 0.4) is 0 Å². The fraction of sp³-hybridized carbons (Fsp3) is 0.444. The van der Waals surface area contributed by atoms with Crippen LogP contribution in [-0.4, -0.2) is 11.0 Å². The lowest BCUT2D eigenvalue weighted by molar-refractivity contribution is 0.554. The molecule has 38 heavy (non-hydrogen) atoms. The van der Waals surface area contributed by atoms with Crippen LogP contribution in [0.4, 0.5) is 5.69 Å². The zero-order valence-electron chi connectivity index (χ0n) is 26.1. The second-order valence-corrected chi connectivity index (χ2v) is 15.3. The molecule has 1 nitrogen and oxygen atoms in total. The van der Waals surface area contributed by atoms with Crippen LogP contribution >= 0.6 is 8.20 Å². The Balaban J connectivity index is 2.40. The Hall–Kier alpha value is -2.50. The lowest BCUT2D eigenvalue weighted by Crippen LogP contribution is -2.30. The molecule has 0 aliphatic rings. The highest BCUT2D eigenvalue weighted by molar-refractivity contribution is 7.52. The van der Waals surface area contributed by atoms with E-state index in [0.29, 0.717) is 0 Å². The number of nitrogens with zero attached hydrogens (tertiary/aromatic N) is 1. The molecule has 0 aromatic heterocycles. The molecule has 0 unspecified atom stereocenters. The molecule has 202 valence electrons. The van der Waals surface area contributed by atoms with Crippen molar-refractivity contribution in [2.45, 2.75) is 106 Å². The predicted molar refractivity (Wildman–Crippen MR) is 173 cm³/mol. The van der Waals surface area contributed by atoms with Gasteiger partial charge in [-0.25, -0.2) is 4.99 Å². The van der Waals surface area contributed by atoms with Gasteiger partial charge in [0, 0.05) is 16.2 Å². The zero-order valence-corrected chi connectivity index (χ0v) is 27.0. The van der Waals surface area contributed by atoms with Crippen molar-refractivity contribution in [1.82, 2.24) is 0 Å². The summed E-state index contributed by atoms with van der Waals surface area (Å²) in [6.07, 6.45) is 0. The third-order valence-electron chi connectivity index (χ3n) is 7.12. The molecule has 0 heterocycles. The number of hydrogen-bond donors (Lipinski definition) is 0. The molecule has 0 N–H and O–H groups in total. The highest BCUT2D eigenvalue weighted by Crippen LogP contribution is 2.36. The van der Waals surface area contributed by atoms with E-state index in [0.717, 1.165) is 17.0 Å². The standard InChI is InChI=1S/C36H48NP/c1-23-19-24(2)31(25(3)20-23)37-32(27-17-15-14-16-18-27)26(4)38-33-29(35(8,9)10)21-28(34(5,6)7)22-30(33)36(11,12)13/h14-22H,1-13H3. The Labute approximate surface area is 234 Å². The quantitative estimate of drug-likeness (QED) is 0.237. The maximum absolute atomic E-state index is 5.38. The summed E-state index contributed by atoms with van der Waals surface area (Å²) in [7, 11) is 1.22. The van der Waals surface area contributed by atoms with Gasteiger partial charge >= 0.3 is 0 Å². The first kappa shape index (κ1) is 30.0. The van der Waals surface area contributed by atoms with E-state index in [-0.39, 0.29) is 16.2 Å². The van der Waals surface area contributed by atoms with Crippen molar-refractivity contribution in [3.63, 3.8) is 0 Å². The van der Waals surface area contributed by atoms with Crippen molar-refractivity contribution in [2.75, 3.05) is 0 Å². The first-order chi connectivity index (χ1) is 17.4. The van der Waals surface area contributed by atoms with Crippen LogP contribution in [0.15, 0.2) is 59.6 Å². The molecule has 0 spiro atoms. The number of aryl methyl sites for hydroxylation is 3. The van der Waals surface area contributed by atoms with Crippen molar-refractivity contribution >= 4 is 30.2 Å². The molecule has 0 bridgehead atoms. The van der Waals surface area contributed by atoms with Gasteiger partial charge in [0.05, 0.1) is 11.4 Å². The van der Waals surface area contributed by atoms with Gasteiger partial charge in [-0.05, 0) is 71.8 Å². The van der Waals surface area contributed by atoms with Crippen LogP contribution in [0.1, 0.15) is 108 Å². The first-order valence-electron chi connectivity index (χ1n) is 13.9. The minimum absolute atomic E-state index is 0.0259. The minimum atomic E-state index is 0.0259. The van der Waals surface area contributed by atoms with Crippen LogP contribution in [0.25, 0.3) is 0 Å². The Morgan fingerprint density at radius 1 is 0.658 bits per heavy atom. The molecule has 0 radical (unpaired) electrons. The van der Waals surface area contributed by atoms with E-state index >= 15 is 0 Å². The Morgan fingerprint density at radius 2 is 1.13 bits per heavy atom. The third-order valence-corrected chi connectivity index (χ3v) is 8.37. The molecule has 0 aliphatic heterocycles. The van der Waals surface area contributed by atoms with Crippen LogP contribution in [-0.2, 0) is 16.2 Å². The van der Waals surface area contributed by atoms with Gasteiger partial charge in [0.25, 0.3) is 0 Å². The minimum Gasteiger partial charge on any atom is -0.247 e. The Kier molecular flexibility index (Phi) is 8.65. The third kappa shape index (κ3) is 6.92. The number of aliphatic imine (C=N–C) groups is 1. The highest BCUT2D eigenvalue weighted by atomic mass is 31.1. The van der Waals surface area contributed by atoms with E-state index in [1.807, 2.05) is 0 Å². The van der Waals surface area contributed by atoms with Gasteiger partial charge in [0.2, 0.25) is 0 Å². The summed E-state index contributed by atoms with van der Waals surface area (Å²) in [6.45, 7) is 29.8. The molecule has 0 fully saturated rings. The van der Waals surface area contributed by atoms with E-state index in [2.05, 4.69) is 145 Å². The maximum atomic E-state index is 5.38. The van der Waals surface area contributed by atoms with E-state index < -0.39 is 0 Å². The number of benzene rings is 3. The maximum Gasteiger partial charge on any atom is 0.0784 e. The zero-order chi connectivity index (χ0) is 28.6. The average molecular weight is 526 g/mol. The summed E-state index contributed by atoms with van der Waals surface area (Å²) in [5.41, 5.74) is 11.5. The van der Waals surface area contributed by atoms with Gasteiger partial charge in [0.15, 0.2) is 0 Å². The predicted octanol–water partition coefficient (Wildman–Crippen LogP) is 10.1. The van der Waals surface area contributed by atoms with Gasteiger partial charge in [-0.1, -0.05) is 131 Å². The van der Waals surface area contributed by atoms with Crippen molar-refractivity contribution < 1.29 is 0 Å². The van der Waals surface area contributed by atoms with E-state index in [1.165, 1.54) is 52.2 Å². The monoisotopic (exact) mass is 525 g/mol. The number of rotatable bonds is 4. The normalized spacial score (nSPS) is 13.7. The second kappa shape index (κ2) is 10.9. The van der Waals surface area contributed by atoms with Crippen LogP contribution in [0, 0.1) is 20.8 Å². The summed E-state index contributed by atoms with van der Waals surface area (Å²) in [6, 6.07) is 20.1. The molecule has 0 amide bonds. The van der Waals surface area contributed by atoms with Crippen molar-refractivity contribution in [3.8, 4) is 0 Å². The van der Waals surface area contributed by atoms with E-state index in [4.69, 9.17) is 4.99 Å². The molecule has 2 heteroatoms. The van der Waals surface area contributed by atoms with Gasteiger partial charge in [-0.15, -0.1) is 0 Å². The van der Waals surface area contributed by atoms with Crippen molar-refractivity contribution in [2.24, 2.45) is 4.99 Å². The molecular formula is C36H48NP. The largest absolute Gasteiger partial charge is 0.247 e. The number of hydrogen-bond acceptors (Lipinski definition) is 1. The SMILES string of the molecule is CC(=Pc1c(C(C)(C)C)cc(C(C)(C)C)cc1C(C)(C)C)C(=Nc1c(C)cc(C)cc1C)c1ccccc1. The summed E-state index contributed by atoms with van der Waals surface area (Å²) < 4.78 is 0. The van der Waals surface area contributed by atoms with Crippen LogP contribution < -0.4 is 5.30 Å². The first-order valence-corrected chi connectivity index (χ1v) is 14.8. The van der Waals surface area contributed by atoms with Gasteiger partial charge < -0.3 is 0 Å². The molecule has 3 aromatic rings. The van der Waals surface area contributed by atoms with Crippen molar-refractivity contribution in [3.05, 3.63) is 93.5 Å². The molecule has 0 saturated carbocycles. The fourth-order valence-corrected chi connectivity index (χ4v) is 6.62. The van der Waals surface area contributed by atoms with Gasteiger partial charge in [-0.2, -0.15) is 0 Å². The fourth-order valence-electron chi connectivity index (χ4n) is 4.96. The second-order valence-electron chi connectivity index (χ2n) is 13.9. The van der Waals surface area contributed by atoms with Crippen molar-refractivity contribution in [1.29, 1.82) is 0 Å². The molecule has 3 rings (SSSR count). The topological polar surface area (TPSA) is 12.4 Å². The van der Waals surface area contributed by atoms with E-state index in [1.54, 1.807) is 0 Å². The Morgan fingerprint density at radius 3 is 1.55 bits per heavy atom.